The number of para-hydroxylation sites is 1. The summed E-state index contributed by atoms with van der Waals surface area (Å²) in [5.74, 6) is -1.34. The van der Waals surface area contributed by atoms with Gasteiger partial charge in [0.2, 0.25) is 0 Å². The number of hydrogen-bond donors (Lipinski definition) is 2. The third kappa shape index (κ3) is 4.46. The van der Waals surface area contributed by atoms with Gasteiger partial charge in [-0.05, 0) is 31.2 Å². The monoisotopic (exact) mass is 398 g/mol. The molecule has 0 fully saturated rings. The van der Waals surface area contributed by atoms with Crippen LogP contribution in [0.3, 0.4) is 0 Å². The number of amides is 1. The van der Waals surface area contributed by atoms with Gasteiger partial charge in [0.15, 0.2) is 11.8 Å². The van der Waals surface area contributed by atoms with Crippen molar-refractivity contribution in [2.75, 3.05) is 5.32 Å². The predicted octanol–water partition coefficient (Wildman–Crippen LogP) is -0.712. The second-order valence-electron chi connectivity index (χ2n) is 6.63. The van der Waals surface area contributed by atoms with Crippen LogP contribution in [0.4, 0.5) is 5.69 Å². The number of quaternary nitrogens is 1. The molecule has 3 aromatic rings. The van der Waals surface area contributed by atoms with E-state index in [1.165, 1.54) is 16.3 Å². The number of furan rings is 1. The van der Waals surface area contributed by atoms with Crippen LogP contribution < -0.4 is 21.3 Å². The number of nitrogens with one attached hydrogen (secondary N) is 1. The molecule has 1 atom stereocenters. The Kier molecular flexibility index (Phi) is 5.99. The standard InChI is InChI=1S/C20H22N4O5/c1-13-18(20(28)24(23(13)2)14-7-4-3-5-8-14)22-19(27)16(11-17(25)26)21-12-15-9-6-10-29-15/h3-10,16,21H,11-12H2,1-2H3,(H,22,27)(H,25,26)/t16-/m0/s1. The molecule has 29 heavy (non-hydrogen) atoms. The molecule has 0 aliphatic heterocycles. The van der Waals surface area contributed by atoms with E-state index >= 15 is 0 Å². The zero-order valence-corrected chi connectivity index (χ0v) is 16.1. The molecule has 2 heterocycles. The number of nitrogens with zero attached hydrogens (tertiary/aromatic N) is 2. The molecule has 2 aromatic heterocycles. The zero-order chi connectivity index (χ0) is 21.0. The molecule has 0 unspecified atom stereocenters. The van der Waals surface area contributed by atoms with E-state index in [1.807, 2.05) is 18.2 Å². The van der Waals surface area contributed by atoms with Crippen molar-refractivity contribution in [2.45, 2.75) is 25.9 Å². The molecule has 0 aliphatic carbocycles. The second-order valence-corrected chi connectivity index (χ2v) is 6.63. The van der Waals surface area contributed by atoms with Crippen molar-refractivity contribution in [3.05, 3.63) is 70.5 Å². The Morgan fingerprint density at radius 3 is 2.55 bits per heavy atom. The van der Waals surface area contributed by atoms with Crippen LogP contribution in [0, 0.1) is 6.92 Å². The lowest BCUT2D eigenvalue weighted by atomic mass is 10.2. The van der Waals surface area contributed by atoms with Gasteiger partial charge >= 0.3 is 0 Å². The molecule has 0 saturated carbocycles. The van der Waals surface area contributed by atoms with Crippen molar-refractivity contribution in [3.63, 3.8) is 0 Å². The summed E-state index contributed by atoms with van der Waals surface area (Å²) in [5.41, 5.74) is 0.906. The molecule has 0 radical (unpaired) electrons. The number of carboxylic acid groups (broad SMARTS) is 1. The van der Waals surface area contributed by atoms with E-state index in [2.05, 4.69) is 5.32 Å². The number of nitrogens with two attached hydrogens (primary N) is 1. The van der Waals surface area contributed by atoms with Gasteiger partial charge in [-0.25, -0.2) is 4.68 Å². The minimum Gasteiger partial charge on any atom is -0.550 e. The number of aromatic nitrogens is 2. The maximum absolute atomic E-state index is 12.9. The first kappa shape index (κ1) is 20.2. The Morgan fingerprint density at radius 1 is 1.21 bits per heavy atom. The van der Waals surface area contributed by atoms with Crippen LogP contribution >= 0.6 is 0 Å². The Labute approximate surface area is 166 Å². The van der Waals surface area contributed by atoms with Crippen molar-refractivity contribution in [1.82, 2.24) is 9.36 Å². The van der Waals surface area contributed by atoms with Crippen molar-refractivity contribution in [1.29, 1.82) is 0 Å². The topological polar surface area (TPSA) is 126 Å². The number of benzene rings is 1. The van der Waals surface area contributed by atoms with E-state index in [0.29, 0.717) is 17.1 Å². The first-order valence-electron chi connectivity index (χ1n) is 9.09. The third-order valence-corrected chi connectivity index (χ3v) is 4.71. The third-order valence-electron chi connectivity index (χ3n) is 4.71. The van der Waals surface area contributed by atoms with Crippen LogP contribution in [0.25, 0.3) is 5.69 Å². The molecular formula is C20H22N4O5. The van der Waals surface area contributed by atoms with E-state index in [1.54, 1.807) is 42.9 Å². The molecule has 9 heteroatoms. The number of aliphatic carboxylic acids is 1. The highest BCUT2D eigenvalue weighted by Crippen LogP contribution is 2.14. The number of anilines is 1. The SMILES string of the molecule is Cc1c(NC(=O)[C@H](CC(=O)[O-])[NH2+]Cc2ccco2)c(=O)n(-c2ccccc2)n1C. The van der Waals surface area contributed by atoms with Crippen LogP contribution in [0.2, 0.25) is 0 Å². The minimum atomic E-state index is -1.35. The lowest BCUT2D eigenvalue weighted by Crippen LogP contribution is -2.91. The second kappa shape index (κ2) is 8.61. The van der Waals surface area contributed by atoms with Gasteiger partial charge in [-0.3, -0.25) is 14.3 Å². The van der Waals surface area contributed by atoms with Gasteiger partial charge < -0.3 is 25.0 Å². The Balaban J connectivity index is 1.84. The molecule has 0 spiro atoms. The summed E-state index contributed by atoms with van der Waals surface area (Å²) in [7, 11) is 1.71. The molecule has 0 saturated heterocycles. The van der Waals surface area contributed by atoms with Crippen molar-refractivity contribution in [2.24, 2.45) is 7.05 Å². The van der Waals surface area contributed by atoms with E-state index in [4.69, 9.17) is 4.42 Å². The number of hydrogen-bond acceptors (Lipinski definition) is 5. The fraction of sp³-hybridized carbons (Fsp3) is 0.250. The molecular weight excluding hydrogens is 376 g/mol. The molecule has 1 amide bonds. The van der Waals surface area contributed by atoms with Crippen LogP contribution in [-0.4, -0.2) is 27.3 Å². The summed E-state index contributed by atoms with van der Waals surface area (Å²) in [6.45, 7) is 1.98. The fourth-order valence-corrected chi connectivity index (χ4v) is 3.08. The van der Waals surface area contributed by atoms with Gasteiger partial charge in [-0.1, -0.05) is 18.2 Å². The minimum absolute atomic E-state index is 0.107. The summed E-state index contributed by atoms with van der Waals surface area (Å²) in [4.78, 5) is 36.8. The zero-order valence-electron chi connectivity index (χ0n) is 16.1. The average Bonchev–Trinajstić information content (AvgIpc) is 3.28. The van der Waals surface area contributed by atoms with E-state index < -0.39 is 29.9 Å². The first-order valence-corrected chi connectivity index (χ1v) is 9.09. The number of carboxylic acids is 1. The maximum atomic E-state index is 12.9. The molecule has 9 nitrogen and oxygen atoms in total. The Bertz CT molecular complexity index is 1050. The summed E-state index contributed by atoms with van der Waals surface area (Å²) in [5, 5.41) is 15.2. The number of rotatable bonds is 8. The van der Waals surface area contributed by atoms with E-state index in [-0.39, 0.29) is 12.2 Å². The Hall–Kier alpha value is -3.59. The molecule has 1 aromatic carbocycles. The van der Waals surface area contributed by atoms with Crippen LogP contribution in [0.1, 0.15) is 17.9 Å². The first-order chi connectivity index (χ1) is 13.9. The smallest absolute Gasteiger partial charge is 0.295 e. The average molecular weight is 398 g/mol. The van der Waals surface area contributed by atoms with Crippen molar-refractivity contribution >= 4 is 17.6 Å². The highest BCUT2D eigenvalue weighted by molar-refractivity contribution is 5.95. The lowest BCUT2D eigenvalue weighted by Gasteiger charge is -2.15. The fourth-order valence-electron chi connectivity index (χ4n) is 3.08. The predicted molar refractivity (Wildman–Crippen MR) is 102 cm³/mol. The number of carbonyl (C=O) groups excluding carboxylic acids is 2. The van der Waals surface area contributed by atoms with Crippen LogP contribution in [0.5, 0.6) is 0 Å². The van der Waals surface area contributed by atoms with Crippen molar-refractivity contribution in [3.8, 4) is 5.69 Å². The van der Waals surface area contributed by atoms with Crippen molar-refractivity contribution < 1.29 is 24.4 Å². The normalized spacial score (nSPS) is 11.9. The van der Waals surface area contributed by atoms with Gasteiger partial charge in [0.25, 0.3) is 11.5 Å². The summed E-state index contributed by atoms with van der Waals surface area (Å²) in [6, 6.07) is 11.5. The summed E-state index contributed by atoms with van der Waals surface area (Å²) >= 11 is 0. The highest BCUT2D eigenvalue weighted by atomic mass is 16.4. The summed E-state index contributed by atoms with van der Waals surface area (Å²) in [6.07, 6.45) is 1.00. The van der Waals surface area contributed by atoms with Gasteiger partial charge in [0.1, 0.15) is 12.2 Å². The molecule has 3 N–H and O–H groups in total. The van der Waals surface area contributed by atoms with E-state index in [0.717, 1.165) is 0 Å². The summed E-state index contributed by atoms with van der Waals surface area (Å²) < 4.78 is 8.28. The molecule has 152 valence electrons. The van der Waals surface area contributed by atoms with Gasteiger partial charge in [0, 0.05) is 19.4 Å². The van der Waals surface area contributed by atoms with Gasteiger partial charge in [-0.15, -0.1) is 0 Å². The maximum Gasteiger partial charge on any atom is 0.295 e. The van der Waals surface area contributed by atoms with Crippen LogP contribution in [0.15, 0.2) is 57.9 Å². The highest BCUT2D eigenvalue weighted by Gasteiger charge is 2.26. The quantitative estimate of drug-likeness (QED) is 0.518. The molecule has 0 aliphatic rings. The largest absolute Gasteiger partial charge is 0.550 e. The molecule has 3 rings (SSSR count). The van der Waals surface area contributed by atoms with E-state index in [9.17, 15) is 19.5 Å². The lowest BCUT2D eigenvalue weighted by molar-refractivity contribution is -0.693. The number of carbonyl (C=O) groups is 2. The van der Waals surface area contributed by atoms with Gasteiger partial charge in [-0.2, -0.15) is 0 Å². The van der Waals surface area contributed by atoms with Gasteiger partial charge in [0.05, 0.1) is 17.6 Å². The Morgan fingerprint density at radius 2 is 1.93 bits per heavy atom. The van der Waals surface area contributed by atoms with Crippen LogP contribution in [-0.2, 0) is 23.2 Å². The molecule has 0 bridgehead atoms.